The number of anilines is 1. The van der Waals surface area contributed by atoms with Gasteiger partial charge < -0.3 is 24.8 Å². The third-order valence-corrected chi connectivity index (χ3v) is 9.65. The van der Waals surface area contributed by atoms with E-state index >= 15 is 4.39 Å². The summed E-state index contributed by atoms with van der Waals surface area (Å²) in [7, 11) is 15.1. The average Bonchev–Trinajstić information content (AvgIpc) is 3.69. The third-order valence-electron chi connectivity index (χ3n) is 9.65. The highest BCUT2D eigenvalue weighted by molar-refractivity contribution is 6.40. The van der Waals surface area contributed by atoms with Crippen molar-refractivity contribution in [1.82, 2.24) is 25.2 Å². The van der Waals surface area contributed by atoms with Crippen LogP contribution in [-0.2, 0) is 4.74 Å². The second kappa shape index (κ2) is 13.5. The molecule has 0 bridgehead atoms. The molecule has 4 aromatic rings. The van der Waals surface area contributed by atoms with Crippen molar-refractivity contribution in [2.75, 3.05) is 51.3 Å². The Morgan fingerprint density at radius 1 is 1.15 bits per heavy atom. The smallest absolute Gasteiger partial charge is 0.318 e. The highest BCUT2D eigenvalue weighted by Crippen LogP contribution is 2.46. The van der Waals surface area contributed by atoms with E-state index in [4.69, 9.17) is 36.6 Å². The lowest BCUT2D eigenvalue weighted by Crippen LogP contribution is -2.63. The molecule has 2 N–H and O–H groups in total. The van der Waals surface area contributed by atoms with Gasteiger partial charge in [0.05, 0.1) is 17.6 Å². The van der Waals surface area contributed by atoms with Gasteiger partial charge in [0.1, 0.15) is 44.3 Å². The van der Waals surface area contributed by atoms with Gasteiger partial charge >= 0.3 is 6.01 Å². The number of rotatable bonds is 7. The number of phenols is 1. The molecule has 3 aliphatic heterocycles. The van der Waals surface area contributed by atoms with Crippen molar-refractivity contribution in [3.8, 4) is 35.4 Å². The number of fused-ring (bicyclic) bond motifs is 3. The molecule has 4 radical (unpaired) electrons. The minimum atomic E-state index is -1.65. The summed E-state index contributed by atoms with van der Waals surface area (Å²) in [5.41, 5.74) is -0.816. The molecular weight excluding hydrogens is 612 g/mol. The van der Waals surface area contributed by atoms with Gasteiger partial charge in [-0.3, -0.25) is 9.88 Å². The Morgan fingerprint density at radius 2 is 1.90 bits per heavy atom. The number of terminal acetylenes is 1. The molecule has 246 valence electrons. The second-order valence-electron chi connectivity index (χ2n) is 12.3. The number of methoxy groups -OCH3 is 1. The summed E-state index contributed by atoms with van der Waals surface area (Å²) >= 11 is 0. The predicted molar refractivity (Wildman–Crippen MR) is 185 cm³/mol. The summed E-state index contributed by atoms with van der Waals surface area (Å²) in [4.78, 5) is 18.0. The maximum Gasteiger partial charge on any atom is 0.318 e. The fourth-order valence-electron chi connectivity index (χ4n) is 7.57. The molecule has 5 heterocycles. The van der Waals surface area contributed by atoms with Gasteiger partial charge in [-0.05, 0) is 62.4 Å². The summed E-state index contributed by atoms with van der Waals surface area (Å²) in [5.74, 6) is 1.13. The fraction of sp³-hybridized carbons (Fsp3) is 0.457. The SMILES string of the molecule is CC.[B]C([B])(Oc1nc(N2CCNC(COC)C2)c2cnc(-c3cc(O)cc4ccc(F)c(C#C)c34)c(F)c2n1)C12CCCN1CCC2. The molecule has 0 amide bonds. The van der Waals surface area contributed by atoms with Crippen LogP contribution in [0, 0.1) is 24.0 Å². The van der Waals surface area contributed by atoms with E-state index in [1.807, 2.05) is 18.7 Å². The van der Waals surface area contributed by atoms with Crippen molar-refractivity contribution in [2.24, 2.45) is 0 Å². The van der Waals surface area contributed by atoms with E-state index in [1.165, 1.54) is 30.5 Å². The van der Waals surface area contributed by atoms with Gasteiger partial charge in [0, 0.05) is 60.9 Å². The zero-order valence-corrected chi connectivity index (χ0v) is 27.5. The van der Waals surface area contributed by atoms with E-state index < -0.39 is 22.6 Å². The Balaban J connectivity index is 0.00000197. The summed E-state index contributed by atoms with van der Waals surface area (Å²) in [6.45, 7) is 7.91. The standard InChI is InChI=1S/C33H32B2F2N6O3.C2H6/c1-3-22-25(36)7-6-19-14-21(44)15-23(26(19)22)28-27(37)29-24(16-39-28)30(42-13-10-38-20(17-42)18-45-2)41-31(40-29)46-33(34,35)32-8-4-11-43(32)12-5-9-32;1-2/h1,6-7,14-16,20,38,44H,4-5,8-13,17-18H2,2H3;1-2H3. The normalized spacial score (nSPS) is 19.2. The Bertz CT molecular complexity index is 1880. The molecule has 7 rings (SSSR count). The van der Waals surface area contributed by atoms with Crippen LogP contribution in [0.5, 0.6) is 11.8 Å². The van der Waals surface area contributed by atoms with Gasteiger partial charge in [-0.15, -0.1) is 6.42 Å². The number of aromatic nitrogens is 3. The molecule has 3 fully saturated rings. The number of hydrogen-bond acceptors (Lipinski definition) is 9. The highest BCUT2D eigenvalue weighted by Gasteiger charge is 2.54. The van der Waals surface area contributed by atoms with Crippen LogP contribution < -0.4 is 15.0 Å². The van der Waals surface area contributed by atoms with Gasteiger partial charge in [-0.1, -0.05) is 25.8 Å². The minimum absolute atomic E-state index is 0.00603. The molecule has 9 nitrogen and oxygen atoms in total. The molecule has 13 heteroatoms. The monoisotopic (exact) mass is 650 g/mol. The first-order valence-corrected chi connectivity index (χ1v) is 16.4. The number of hydrogen-bond donors (Lipinski definition) is 2. The van der Waals surface area contributed by atoms with Gasteiger partial charge in [0.25, 0.3) is 0 Å². The topological polar surface area (TPSA) is 95.9 Å². The molecule has 48 heavy (non-hydrogen) atoms. The number of piperazine rings is 1. The van der Waals surface area contributed by atoms with E-state index in [0.717, 1.165) is 38.8 Å². The molecular formula is C35H38B2F2N6O3. The Labute approximate surface area is 282 Å². The van der Waals surface area contributed by atoms with Gasteiger partial charge in [-0.2, -0.15) is 9.97 Å². The number of benzene rings is 2. The number of ether oxygens (including phenoxy) is 2. The largest absolute Gasteiger partial charge is 0.508 e. The number of halogens is 2. The van der Waals surface area contributed by atoms with E-state index in [2.05, 4.69) is 26.1 Å². The first kappa shape index (κ1) is 33.9. The molecule has 1 unspecified atom stereocenters. The van der Waals surface area contributed by atoms with Gasteiger partial charge in [-0.25, -0.2) is 8.78 Å². The van der Waals surface area contributed by atoms with Crippen LogP contribution in [0.15, 0.2) is 30.5 Å². The summed E-state index contributed by atoms with van der Waals surface area (Å²) < 4.78 is 43.4. The first-order chi connectivity index (χ1) is 23.2. The minimum Gasteiger partial charge on any atom is -0.508 e. The van der Waals surface area contributed by atoms with Crippen molar-refractivity contribution in [3.05, 3.63) is 47.7 Å². The molecule has 2 aromatic heterocycles. The van der Waals surface area contributed by atoms with Gasteiger partial charge in [0.15, 0.2) is 5.82 Å². The summed E-state index contributed by atoms with van der Waals surface area (Å²) in [6.07, 6.45) is 10.5. The van der Waals surface area contributed by atoms with Crippen LogP contribution in [0.1, 0.15) is 45.1 Å². The summed E-state index contributed by atoms with van der Waals surface area (Å²) in [5, 5.41) is 13.3. The molecule has 1 atom stereocenters. The van der Waals surface area contributed by atoms with Crippen LogP contribution in [-0.4, -0.2) is 104 Å². The van der Waals surface area contributed by atoms with Crippen molar-refractivity contribution >= 4 is 43.2 Å². The molecule has 3 saturated heterocycles. The maximum absolute atomic E-state index is 16.9. The van der Waals surface area contributed by atoms with E-state index in [9.17, 15) is 9.50 Å². The quantitative estimate of drug-likeness (QED) is 0.225. The van der Waals surface area contributed by atoms with Crippen LogP contribution in [0.4, 0.5) is 14.6 Å². The van der Waals surface area contributed by atoms with Gasteiger partial charge in [0.2, 0.25) is 0 Å². The number of nitrogens with zero attached hydrogens (tertiary/aromatic N) is 5. The fourth-order valence-corrected chi connectivity index (χ4v) is 7.57. The van der Waals surface area contributed by atoms with E-state index in [1.54, 1.807) is 7.11 Å². The lowest BCUT2D eigenvalue weighted by Gasteiger charge is -2.46. The van der Waals surface area contributed by atoms with Crippen LogP contribution in [0.25, 0.3) is 32.9 Å². The van der Waals surface area contributed by atoms with E-state index in [0.29, 0.717) is 42.8 Å². The lowest BCUT2D eigenvalue weighted by molar-refractivity contribution is 0.0507. The maximum atomic E-state index is 16.9. The molecule has 2 aromatic carbocycles. The number of aromatic hydroxyl groups is 1. The highest BCUT2D eigenvalue weighted by atomic mass is 19.1. The molecule has 0 saturated carbocycles. The van der Waals surface area contributed by atoms with Crippen molar-refractivity contribution in [3.63, 3.8) is 0 Å². The van der Waals surface area contributed by atoms with Crippen molar-refractivity contribution < 1.29 is 23.4 Å². The zero-order valence-electron chi connectivity index (χ0n) is 27.5. The lowest BCUT2D eigenvalue weighted by atomic mass is 9.53. The van der Waals surface area contributed by atoms with Crippen LogP contribution in [0.2, 0.25) is 0 Å². The molecule has 0 aliphatic carbocycles. The Hall–Kier alpha value is -3.98. The number of nitrogens with one attached hydrogen (secondary N) is 1. The number of phenolic OH excluding ortho intramolecular Hbond substituents is 1. The Morgan fingerprint density at radius 3 is 2.60 bits per heavy atom. The van der Waals surface area contributed by atoms with Crippen molar-refractivity contribution in [2.45, 2.75) is 56.5 Å². The molecule has 0 spiro atoms. The third kappa shape index (κ3) is 5.74. The molecule has 3 aliphatic rings. The summed E-state index contributed by atoms with van der Waals surface area (Å²) in [6, 6.07) is 5.24. The Kier molecular flexibility index (Phi) is 9.53. The zero-order chi connectivity index (χ0) is 34.2. The van der Waals surface area contributed by atoms with E-state index in [-0.39, 0.29) is 45.5 Å². The average molecular weight is 650 g/mol. The number of pyridine rings is 1. The first-order valence-electron chi connectivity index (χ1n) is 16.4. The van der Waals surface area contributed by atoms with Crippen molar-refractivity contribution in [1.29, 1.82) is 0 Å². The predicted octanol–water partition coefficient (Wildman–Crippen LogP) is 4.26. The van der Waals surface area contributed by atoms with Crippen LogP contribution in [0.3, 0.4) is 0 Å². The van der Waals surface area contributed by atoms with Crippen LogP contribution >= 0.6 is 0 Å². The second-order valence-corrected chi connectivity index (χ2v) is 12.3.